The highest BCUT2D eigenvalue weighted by Gasteiger charge is 2.24. The Balaban J connectivity index is 2.42. The van der Waals surface area contributed by atoms with Crippen LogP contribution in [0.15, 0.2) is 27.8 Å². The number of nitrogens with one attached hydrogen (secondary N) is 1. The van der Waals surface area contributed by atoms with Crippen molar-refractivity contribution in [3.63, 3.8) is 0 Å². The number of phenols is 1. The van der Waals surface area contributed by atoms with Gasteiger partial charge in [0.2, 0.25) is 5.03 Å². The Kier molecular flexibility index (Phi) is 3.70. The fourth-order valence-electron chi connectivity index (χ4n) is 1.39. The van der Waals surface area contributed by atoms with E-state index in [4.69, 9.17) is 11.6 Å². The molecule has 0 unspecified atom stereocenters. The van der Waals surface area contributed by atoms with Crippen molar-refractivity contribution in [2.45, 2.75) is 5.03 Å². The summed E-state index contributed by atoms with van der Waals surface area (Å²) in [6.07, 6.45) is 0. The molecule has 0 fully saturated rings. The van der Waals surface area contributed by atoms with Gasteiger partial charge in [-0.15, -0.1) is 5.10 Å². The highest BCUT2D eigenvalue weighted by Crippen LogP contribution is 2.29. The molecule has 0 spiro atoms. The van der Waals surface area contributed by atoms with Gasteiger partial charge < -0.3 is 5.11 Å². The third-order valence-corrected chi connectivity index (χ3v) is 4.75. The third kappa shape index (κ3) is 2.82. The molecule has 0 aliphatic carbocycles. The molecule has 0 saturated carbocycles. The maximum Gasteiger partial charge on any atom is 0.281 e. The molecule has 0 radical (unpaired) electrons. The van der Waals surface area contributed by atoms with E-state index in [0.717, 1.165) is 4.68 Å². The minimum absolute atomic E-state index is 0.0590. The molecule has 0 aliphatic heterocycles. The van der Waals surface area contributed by atoms with E-state index >= 15 is 0 Å². The van der Waals surface area contributed by atoms with Crippen LogP contribution >= 0.6 is 27.5 Å². The molecule has 2 rings (SSSR count). The first-order valence-corrected chi connectivity index (χ1v) is 7.53. The van der Waals surface area contributed by atoms with Crippen LogP contribution in [0.3, 0.4) is 0 Å². The van der Waals surface area contributed by atoms with Crippen LogP contribution in [0.1, 0.15) is 0 Å². The molecule has 1 aromatic heterocycles. The number of aromatic nitrogens is 3. The van der Waals surface area contributed by atoms with Crippen molar-refractivity contribution in [2.75, 3.05) is 4.72 Å². The van der Waals surface area contributed by atoms with Gasteiger partial charge in [-0.2, -0.15) is 8.42 Å². The number of anilines is 1. The number of aryl methyl sites for hydroxylation is 1. The van der Waals surface area contributed by atoms with Crippen LogP contribution in [-0.2, 0) is 17.1 Å². The average Bonchev–Trinajstić information content (AvgIpc) is 2.63. The molecule has 2 aromatic rings. The Morgan fingerprint density at radius 1 is 1.47 bits per heavy atom. The van der Waals surface area contributed by atoms with Crippen molar-refractivity contribution < 1.29 is 13.5 Å². The Labute approximate surface area is 122 Å². The first-order valence-electron chi connectivity index (χ1n) is 4.88. The monoisotopic (exact) mass is 366 g/mol. The summed E-state index contributed by atoms with van der Waals surface area (Å²) in [6, 6.07) is 3.91. The van der Waals surface area contributed by atoms with E-state index in [1.165, 1.54) is 25.2 Å². The Bertz CT molecular complexity index is 712. The van der Waals surface area contributed by atoms with Gasteiger partial charge in [-0.05, 0) is 28.1 Å². The lowest BCUT2D eigenvalue weighted by Gasteiger charge is -2.09. The third-order valence-electron chi connectivity index (χ3n) is 2.19. The predicted octanol–water partition coefficient (Wildman–Crippen LogP) is 1.74. The van der Waals surface area contributed by atoms with Gasteiger partial charge in [0.25, 0.3) is 10.0 Å². The number of phenolic OH excluding ortho intramolecular Hbond substituents is 1. The number of sulfonamides is 1. The summed E-state index contributed by atoms with van der Waals surface area (Å²) in [5.74, 6) is -0.0590. The summed E-state index contributed by atoms with van der Waals surface area (Å²) in [7, 11) is -2.44. The highest BCUT2D eigenvalue weighted by atomic mass is 79.9. The molecular formula is C9H8BrClN4O3S. The fourth-order valence-corrected chi connectivity index (χ4v) is 3.84. The molecule has 0 bridgehead atoms. The van der Waals surface area contributed by atoms with Crippen LogP contribution in [0, 0.1) is 0 Å². The second kappa shape index (κ2) is 4.99. The number of hydrogen-bond donors (Lipinski definition) is 2. The number of nitrogens with zero attached hydrogens (tertiary/aromatic N) is 3. The predicted molar refractivity (Wildman–Crippen MR) is 72.6 cm³/mol. The smallest absolute Gasteiger partial charge is 0.281 e. The molecule has 102 valence electrons. The van der Waals surface area contributed by atoms with Crippen molar-refractivity contribution >= 4 is 43.2 Å². The highest BCUT2D eigenvalue weighted by molar-refractivity contribution is 9.10. The molecule has 0 atom stereocenters. The zero-order chi connectivity index (χ0) is 14.2. The summed E-state index contributed by atoms with van der Waals surface area (Å²) in [5, 5.41) is 16.4. The van der Waals surface area contributed by atoms with Gasteiger partial charge in [0.1, 0.15) is 5.75 Å². The van der Waals surface area contributed by atoms with Crippen LogP contribution in [0.25, 0.3) is 0 Å². The quantitative estimate of drug-likeness (QED) is 0.805. The minimum Gasteiger partial charge on any atom is -0.508 e. The number of benzene rings is 1. The lowest BCUT2D eigenvalue weighted by Crippen LogP contribution is -2.17. The molecule has 0 amide bonds. The van der Waals surface area contributed by atoms with Gasteiger partial charge >= 0.3 is 0 Å². The number of aromatic hydroxyl groups is 1. The molecule has 1 aromatic carbocycles. The average molecular weight is 368 g/mol. The second-order valence-electron chi connectivity index (χ2n) is 3.58. The summed E-state index contributed by atoms with van der Waals surface area (Å²) in [6.45, 7) is 0. The first-order chi connectivity index (χ1) is 8.81. The molecular weight excluding hydrogens is 360 g/mol. The lowest BCUT2D eigenvalue weighted by atomic mass is 10.3. The number of hydrogen-bond acceptors (Lipinski definition) is 5. The van der Waals surface area contributed by atoms with Crippen molar-refractivity contribution in [2.24, 2.45) is 7.05 Å². The first kappa shape index (κ1) is 14.1. The Morgan fingerprint density at radius 3 is 2.68 bits per heavy atom. The van der Waals surface area contributed by atoms with Crippen LogP contribution in [0.4, 0.5) is 5.69 Å². The van der Waals surface area contributed by atoms with E-state index in [1.807, 2.05) is 0 Å². The van der Waals surface area contributed by atoms with Crippen LogP contribution in [-0.4, -0.2) is 28.5 Å². The molecule has 7 nitrogen and oxygen atoms in total. The molecule has 1 heterocycles. The summed E-state index contributed by atoms with van der Waals surface area (Å²) >= 11 is 8.85. The molecule has 19 heavy (non-hydrogen) atoms. The maximum atomic E-state index is 12.2. The standard InChI is InChI=1S/C9H8BrClN4O3S/c1-15-9(8(10)12-14-15)19(17,18)13-7-3-2-5(16)4-6(7)11/h2-4,13,16H,1H3. The summed E-state index contributed by atoms with van der Waals surface area (Å²) in [4.78, 5) is 0. The van der Waals surface area contributed by atoms with E-state index < -0.39 is 10.0 Å². The van der Waals surface area contributed by atoms with Gasteiger partial charge in [0.15, 0.2) is 4.60 Å². The topological polar surface area (TPSA) is 97.1 Å². The van der Waals surface area contributed by atoms with Crippen molar-refractivity contribution in [3.8, 4) is 5.75 Å². The Hall–Kier alpha value is -1.32. The van der Waals surface area contributed by atoms with Crippen LogP contribution in [0.2, 0.25) is 5.02 Å². The van der Waals surface area contributed by atoms with E-state index in [9.17, 15) is 13.5 Å². The zero-order valence-electron chi connectivity index (χ0n) is 9.50. The molecule has 0 aliphatic rings. The SMILES string of the molecule is Cn1nnc(Br)c1S(=O)(=O)Nc1ccc(O)cc1Cl. The van der Waals surface area contributed by atoms with E-state index in [0.29, 0.717) is 0 Å². The lowest BCUT2D eigenvalue weighted by molar-refractivity contribution is 0.475. The van der Waals surface area contributed by atoms with Crippen molar-refractivity contribution in [1.82, 2.24) is 15.0 Å². The summed E-state index contributed by atoms with van der Waals surface area (Å²) < 4.78 is 27.9. The molecule has 10 heteroatoms. The van der Waals surface area contributed by atoms with Gasteiger partial charge in [-0.25, -0.2) is 4.68 Å². The zero-order valence-corrected chi connectivity index (χ0v) is 12.7. The van der Waals surface area contributed by atoms with E-state index in [-0.39, 0.29) is 26.1 Å². The molecule has 2 N–H and O–H groups in total. The van der Waals surface area contributed by atoms with Gasteiger partial charge in [0, 0.05) is 13.1 Å². The normalized spacial score (nSPS) is 11.5. The largest absolute Gasteiger partial charge is 0.508 e. The number of rotatable bonds is 3. The maximum absolute atomic E-state index is 12.2. The van der Waals surface area contributed by atoms with Gasteiger partial charge in [0.05, 0.1) is 10.7 Å². The summed E-state index contributed by atoms with van der Waals surface area (Å²) in [5.41, 5.74) is 0.146. The molecule has 0 saturated heterocycles. The van der Waals surface area contributed by atoms with Crippen LogP contribution < -0.4 is 4.72 Å². The van der Waals surface area contributed by atoms with Gasteiger partial charge in [-0.1, -0.05) is 16.8 Å². The fraction of sp³-hybridized carbons (Fsp3) is 0.111. The van der Waals surface area contributed by atoms with Crippen molar-refractivity contribution in [3.05, 3.63) is 27.8 Å². The van der Waals surface area contributed by atoms with Crippen LogP contribution in [0.5, 0.6) is 5.75 Å². The van der Waals surface area contributed by atoms with E-state index in [1.54, 1.807) is 0 Å². The minimum atomic E-state index is -3.89. The van der Waals surface area contributed by atoms with Gasteiger partial charge in [-0.3, -0.25) is 4.72 Å². The van der Waals surface area contributed by atoms with E-state index in [2.05, 4.69) is 31.0 Å². The Morgan fingerprint density at radius 2 is 2.16 bits per heavy atom. The number of halogens is 2. The second-order valence-corrected chi connectivity index (χ2v) is 6.33. The van der Waals surface area contributed by atoms with Crippen molar-refractivity contribution in [1.29, 1.82) is 0 Å².